The fourth-order valence-corrected chi connectivity index (χ4v) is 4.94. The fraction of sp³-hybridized carbons (Fsp3) is 0.462. The summed E-state index contributed by atoms with van der Waals surface area (Å²) in [4.78, 5) is 29.6. The molecular weight excluding hydrogens is 487 g/mol. The molecule has 2 heterocycles. The van der Waals surface area contributed by atoms with Gasteiger partial charge in [0.15, 0.2) is 0 Å². The Morgan fingerprint density at radius 2 is 2.00 bits per heavy atom. The van der Waals surface area contributed by atoms with Crippen molar-refractivity contribution in [2.75, 3.05) is 58.7 Å². The Balaban J connectivity index is 1.23. The summed E-state index contributed by atoms with van der Waals surface area (Å²) < 4.78 is 24.6. The number of methoxy groups -OCH3 is 1. The van der Waals surface area contributed by atoms with Gasteiger partial charge >= 0.3 is 0 Å². The Bertz CT molecular complexity index is 1090. The minimum atomic E-state index is -0.398. The Hall–Kier alpha value is -2.88. The first-order chi connectivity index (χ1) is 17.3. The normalized spacial score (nSPS) is 19.2. The predicted molar refractivity (Wildman–Crippen MR) is 136 cm³/mol. The number of rotatable bonds is 7. The van der Waals surface area contributed by atoms with Crippen LogP contribution < -0.4 is 15.8 Å². The van der Waals surface area contributed by atoms with Crippen molar-refractivity contribution in [1.82, 2.24) is 15.1 Å². The molecule has 2 fully saturated rings. The lowest BCUT2D eigenvalue weighted by molar-refractivity contribution is -0.0332. The number of anilines is 1. The van der Waals surface area contributed by atoms with E-state index in [1.54, 1.807) is 17.0 Å². The Morgan fingerprint density at radius 3 is 2.72 bits per heavy atom. The lowest BCUT2D eigenvalue weighted by Crippen LogP contribution is -2.50. The van der Waals surface area contributed by atoms with Crippen LogP contribution in [-0.4, -0.2) is 80.7 Å². The second kappa shape index (κ2) is 11.9. The number of ether oxygens (including phenoxy) is 2. The lowest BCUT2D eigenvalue weighted by Gasteiger charge is -2.38. The second-order valence-corrected chi connectivity index (χ2v) is 9.69. The standard InChI is InChI=1S/C26H32ClFN4O4/c1-35-24-13-23(29)22(27)12-21(24)25(33)30-14-20-16-31(9-10-36-20)15-17-5-7-32(8-6-17)26(34)18-3-2-4-19(28)11-18/h2-4,11-13,17,20H,5-10,14-16,29H2,1H3,(H,30,33). The van der Waals surface area contributed by atoms with Crippen LogP contribution in [0.2, 0.25) is 5.02 Å². The zero-order chi connectivity index (χ0) is 25.7. The maximum Gasteiger partial charge on any atom is 0.255 e. The van der Waals surface area contributed by atoms with E-state index in [4.69, 9.17) is 26.8 Å². The number of likely N-dealkylation sites (tertiary alicyclic amines) is 1. The molecule has 0 radical (unpaired) electrons. The number of hydrogen-bond acceptors (Lipinski definition) is 6. The number of piperidine rings is 1. The molecule has 1 atom stereocenters. The minimum Gasteiger partial charge on any atom is -0.496 e. The minimum absolute atomic E-state index is 0.117. The third-order valence-electron chi connectivity index (χ3n) is 6.77. The van der Waals surface area contributed by atoms with Crippen molar-refractivity contribution < 1.29 is 23.5 Å². The maximum absolute atomic E-state index is 13.5. The average Bonchev–Trinajstić information content (AvgIpc) is 2.89. The van der Waals surface area contributed by atoms with Gasteiger partial charge in [-0.3, -0.25) is 14.5 Å². The van der Waals surface area contributed by atoms with Gasteiger partial charge in [-0.15, -0.1) is 0 Å². The maximum atomic E-state index is 13.5. The van der Waals surface area contributed by atoms with E-state index in [1.165, 1.54) is 31.4 Å². The van der Waals surface area contributed by atoms with Crippen LogP contribution in [0.1, 0.15) is 33.6 Å². The lowest BCUT2D eigenvalue weighted by atomic mass is 9.95. The molecule has 4 rings (SSSR count). The molecule has 0 aromatic heterocycles. The van der Waals surface area contributed by atoms with Crippen LogP contribution in [-0.2, 0) is 4.74 Å². The summed E-state index contributed by atoms with van der Waals surface area (Å²) >= 11 is 6.08. The largest absolute Gasteiger partial charge is 0.496 e. The fourth-order valence-electron chi connectivity index (χ4n) is 4.77. The van der Waals surface area contributed by atoms with E-state index < -0.39 is 5.82 Å². The number of carbonyl (C=O) groups is 2. The molecular formula is C26H32ClFN4O4. The molecule has 2 amide bonds. The van der Waals surface area contributed by atoms with Crippen LogP contribution in [0, 0.1) is 11.7 Å². The molecule has 2 aromatic carbocycles. The molecule has 2 aliphatic heterocycles. The van der Waals surface area contributed by atoms with Gasteiger partial charge in [-0.05, 0) is 43.0 Å². The van der Waals surface area contributed by atoms with Gasteiger partial charge in [0, 0.05) is 50.9 Å². The third-order valence-corrected chi connectivity index (χ3v) is 7.09. The van der Waals surface area contributed by atoms with Crippen molar-refractivity contribution >= 4 is 29.1 Å². The molecule has 3 N–H and O–H groups in total. The van der Waals surface area contributed by atoms with Gasteiger partial charge in [0.05, 0.1) is 36.1 Å². The van der Waals surface area contributed by atoms with Gasteiger partial charge in [0.1, 0.15) is 11.6 Å². The first kappa shape index (κ1) is 26.2. The van der Waals surface area contributed by atoms with E-state index in [-0.39, 0.29) is 17.9 Å². The van der Waals surface area contributed by atoms with Gasteiger partial charge in [0.2, 0.25) is 0 Å². The third kappa shape index (κ3) is 6.46. The summed E-state index contributed by atoms with van der Waals surface area (Å²) in [5, 5.41) is 3.21. The van der Waals surface area contributed by atoms with Crippen LogP contribution in [0.5, 0.6) is 5.75 Å². The molecule has 2 aliphatic rings. The Kier molecular flexibility index (Phi) is 8.66. The highest BCUT2D eigenvalue weighted by atomic mass is 35.5. The van der Waals surface area contributed by atoms with E-state index >= 15 is 0 Å². The summed E-state index contributed by atoms with van der Waals surface area (Å²) in [5.41, 5.74) is 6.87. The highest BCUT2D eigenvalue weighted by Gasteiger charge is 2.28. The molecule has 2 aromatic rings. The van der Waals surface area contributed by atoms with Crippen molar-refractivity contribution in [1.29, 1.82) is 0 Å². The van der Waals surface area contributed by atoms with Crippen molar-refractivity contribution in [3.63, 3.8) is 0 Å². The SMILES string of the molecule is COc1cc(N)c(Cl)cc1C(=O)NCC1CN(CC2CCN(C(=O)c3cccc(F)c3)CC2)CCO1. The van der Waals surface area contributed by atoms with E-state index in [9.17, 15) is 14.0 Å². The van der Waals surface area contributed by atoms with Gasteiger partial charge in [-0.25, -0.2) is 4.39 Å². The summed E-state index contributed by atoms with van der Waals surface area (Å²) in [6.45, 7) is 4.73. The van der Waals surface area contributed by atoms with Crippen LogP contribution >= 0.6 is 11.6 Å². The molecule has 0 aliphatic carbocycles. The molecule has 0 bridgehead atoms. The molecule has 194 valence electrons. The number of nitrogen functional groups attached to an aromatic ring is 1. The van der Waals surface area contributed by atoms with E-state index in [0.717, 1.165) is 25.9 Å². The number of hydrogen-bond donors (Lipinski definition) is 2. The summed E-state index contributed by atoms with van der Waals surface area (Å²) in [5.74, 6) is 0.0167. The van der Waals surface area contributed by atoms with Gasteiger partial charge < -0.3 is 25.4 Å². The molecule has 1 unspecified atom stereocenters. The molecule has 8 nitrogen and oxygen atoms in total. The van der Waals surface area contributed by atoms with Crippen molar-refractivity contribution in [2.45, 2.75) is 18.9 Å². The first-order valence-electron chi connectivity index (χ1n) is 12.1. The Labute approximate surface area is 215 Å². The zero-order valence-electron chi connectivity index (χ0n) is 20.3. The summed E-state index contributed by atoms with van der Waals surface area (Å²) in [7, 11) is 1.48. The van der Waals surface area contributed by atoms with Gasteiger partial charge in [-0.2, -0.15) is 0 Å². The van der Waals surface area contributed by atoms with Crippen molar-refractivity contribution in [2.24, 2.45) is 5.92 Å². The zero-order valence-corrected chi connectivity index (χ0v) is 21.1. The van der Waals surface area contributed by atoms with Crippen LogP contribution in [0.3, 0.4) is 0 Å². The van der Waals surface area contributed by atoms with E-state index in [2.05, 4.69) is 10.2 Å². The topological polar surface area (TPSA) is 97.1 Å². The number of morpholine rings is 1. The number of carbonyl (C=O) groups excluding carboxylic acids is 2. The average molecular weight is 519 g/mol. The molecule has 0 spiro atoms. The highest BCUT2D eigenvalue weighted by Crippen LogP contribution is 2.29. The molecule has 36 heavy (non-hydrogen) atoms. The smallest absolute Gasteiger partial charge is 0.255 e. The van der Waals surface area contributed by atoms with E-state index in [1.807, 2.05) is 0 Å². The monoisotopic (exact) mass is 518 g/mol. The van der Waals surface area contributed by atoms with E-state index in [0.29, 0.717) is 66.3 Å². The van der Waals surface area contributed by atoms with Crippen molar-refractivity contribution in [3.8, 4) is 5.75 Å². The molecule has 0 saturated carbocycles. The summed E-state index contributed by atoms with van der Waals surface area (Å²) in [6.07, 6.45) is 1.67. The van der Waals surface area contributed by atoms with Gasteiger partial charge in [0.25, 0.3) is 11.8 Å². The van der Waals surface area contributed by atoms with Crippen molar-refractivity contribution in [3.05, 3.63) is 58.4 Å². The van der Waals surface area contributed by atoms with Crippen LogP contribution in [0.4, 0.5) is 10.1 Å². The molecule has 10 heteroatoms. The van der Waals surface area contributed by atoms with Crippen LogP contribution in [0.25, 0.3) is 0 Å². The Morgan fingerprint density at radius 1 is 1.22 bits per heavy atom. The number of nitrogens with two attached hydrogens (primary N) is 1. The predicted octanol–water partition coefficient (Wildman–Crippen LogP) is 3.05. The quantitative estimate of drug-likeness (QED) is 0.547. The number of nitrogens with zero attached hydrogens (tertiary/aromatic N) is 2. The summed E-state index contributed by atoms with van der Waals surface area (Å²) in [6, 6.07) is 8.89. The number of benzene rings is 2. The number of nitrogens with one attached hydrogen (secondary N) is 1. The number of halogens is 2. The molecule has 2 saturated heterocycles. The second-order valence-electron chi connectivity index (χ2n) is 9.28. The number of amides is 2. The van der Waals surface area contributed by atoms with Crippen LogP contribution in [0.15, 0.2) is 36.4 Å². The van der Waals surface area contributed by atoms with Gasteiger partial charge in [-0.1, -0.05) is 17.7 Å². The first-order valence-corrected chi connectivity index (χ1v) is 12.5. The highest BCUT2D eigenvalue weighted by molar-refractivity contribution is 6.33.